The molecule has 2 aromatic carbocycles. The highest BCUT2D eigenvalue weighted by atomic mass is 35.5. The van der Waals surface area contributed by atoms with E-state index in [9.17, 15) is 0 Å². The van der Waals surface area contributed by atoms with E-state index in [2.05, 4.69) is 4.98 Å². The third-order valence-corrected chi connectivity index (χ3v) is 4.15. The smallest absolute Gasteiger partial charge is 0.157 e. The first-order valence-electron chi connectivity index (χ1n) is 7.35. The van der Waals surface area contributed by atoms with Crippen molar-refractivity contribution in [1.82, 2.24) is 9.55 Å². The van der Waals surface area contributed by atoms with Crippen LogP contribution in [0.15, 0.2) is 67.3 Å². The topological polar surface area (TPSA) is 27.1 Å². The maximum absolute atomic E-state index is 6.24. The standard InChI is InChI=1S/C18H16Cl2N2O/c19-15-7-4-8-16(20)18(15)23-17(14-5-2-1-3-6-14)9-11-22-12-10-21-13-22/h1-8,10,12-13,17H,9,11H2/t17-/m1/s1. The van der Waals surface area contributed by atoms with Crippen molar-refractivity contribution in [3.05, 3.63) is 82.9 Å². The molecule has 0 amide bonds. The zero-order chi connectivity index (χ0) is 16.1. The number of aryl methyl sites for hydroxylation is 1. The molecule has 0 aliphatic carbocycles. The highest BCUT2D eigenvalue weighted by molar-refractivity contribution is 6.37. The SMILES string of the molecule is Clc1cccc(Cl)c1O[C@H](CCn1ccnc1)c1ccccc1. The van der Waals surface area contributed by atoms with Crippen molar-refractivity contribution in [3.8, 4) is 5.75 Å². The van der Waals surface area contributed by atoms with Gasteiger partial charge in [-0.3, -0.25) is 0 Å². The van der Waals surface area contributed by atoms with Crippen LogP contribution in [-0.4, -0.2) is 9.55 Å². The van der Waals surface area contributed by atoms with Gasteiger partial charge in [0.25, 0.3) is 0 Å². The van der Waals surface area contributed by atoms with Gasteiger partial charge >= 0.3 is 0 Å². The Morgan fingerprint density at radius 2 is 1.74 bits per heavy atom. The highest BCUT2D eigenvalue weighted by Crippen LogP contribution is 2.36. The van der Waals surface area contributed by atoms with Crippen molar-refractivity contribution in [2.24, 2.45) is 0 Å². The number of para-hydroxylation sites is 1. The number of imidazole rings is 1. The van der Waals surface area contributed by atoms with E-state index < -0.39 is 0 Å². The second-order valence-electron chi connectivity index (χ2n) is 5.16. The maximum atomic E-state index is 6.24. The summed E-state index contributed by atoms with van der Waals surface area (Å²) in [5.74, 6) is 0.523. The third kappa shape index (κ3) is 4.06. The van der Waals surface area contributed by atoms with Gasteiger partial charge in [-0.15, -0.1) is 0 Å². The van der Waals surface area contributed by atoms with E-state index >= 15 is 0 Å². The van der Waals surface area contributed by atoms with E-state index in [1.165, 1.54) is 0 Å². The molecular weight excluding hydrogens is 331 g/mol. The number of hydrogen-bond acceptors (Lipinski definition) is 2. The van der Waals surface area contributed by atoms with Crippen molar-refractivity contribution in [3.63, 3.8) is 0 Å². The van der Waals surface area contributed by atoms with Gasteiger partial charge in [0.15, 0.2) is 5.75 Å². The molecule has 0 aliphatic heterocycles. The Hall–Kier alpha value is -1.97. The van der Waals surface area contributed by atoms with Crippen LogP contribution in [0.5, 0.6) is 5.75 Å². The Morgan fingerprint density at radius 1 is 1.00 bits per heavy atom. The van der Waals surface area contributed by atoms with Crippen LogP contribution in [0, 0.1) is 0 Å². The average molecular weight is 347 g/mol. The van der Waals surface area contributed by atoms with Crippen molar-refractivity contribution < 1.29 is 4.74 Å². The molecule has 0 unspecified atom stereocenters. The van der Waals surface area contributed by atoms with Crippen LogP contribution in [0.2, 0.25) is 10.0 Å². The fourth-order valence-electron chi connectivity index (χ4n) is 2.38. The molecule has 1 heterocycles. The van der Waals surface area contributed by atoms with E-state index in [1.54, 1.807) is 30.7 Å². The minimum Gasteiger partial charge on any atom is -0.483 e. The van der Waals surface area contributed by atoms with Crippen LogP contribution in [0.25, 0.3) is 0 Å². The molecule has 0 spiro atoms. The van der Waals surface area contributed by atoms with Gasteiger partial charge in [0, 0.05) is 25.4 Å². The molecule has 3 rings (SSSR count). The Morgan fingerprint density at radius 3 is 2.39 bits per heavy atom. The van der Waals surface area contributed by atoms with Gasteiger partial charge < -0.3 is 9.30 Å². The number of rotatable bonds is 6. The normalized spacial score (nSPS) is 12.1. The first-order chi connectivity index (χ1) is 11.2. The Bertz CT molecular complexity index is 725. The van der Waals surface area contributed by atoms with Gasteiger partial charge in [-0.1, -0.05) is 59.6 Å². The van der Waals surface area contributed by atoms with Crippen LogP contribution >= 0.6 is 23.2 Å². The third-order valence-electron chi connectivity index (χ3n) is 3.56. The lowest BCUT2D eigenvalue weighted by atomic mass is 10.1. The van der Waals surface area contributed by atoms with Gasteiger partial charge in [0.1, 0.15) is 6.10 Å². The lowest BCUT2D eigenvalue weighted by molar-refractivity contribution is 0.188. The molecule has 23 heavy (non-hydrogen) atoms. The summed E-state index contributed by atoms with van der Waals surface area (Å²) in [5.41, 5.74) is 1.09. The molecule has 0 radical (unpaired) electrons. The average Bonchev–Trinajstić information content (AvgIpc) is 3.08. The Balaban J connectivity index is 1.83. The summed E-state index contributed by atoms with van der Waals surface area (Å²) in [5, 5.41) is 1.03. The van der Waals surface area contributed by atoms with Gasteiger partial charge in [0.05, 0.1) is 16.4 Å². The van der Waals surface area contributed by atoms with E-state index in [-0.39, 0.29) is 6.10 Å². The van der Waals surface area contributed by atoms with Crippen LogP contribution in [0.1, 0.15) is 18.1 Å². The number of nitrogens with zero attached hydrogens (tertiary/aromatic N) is 2. The van der Waals surface area contributed by atoms with Crippen molar-refractivity contribution in [2.45, 2.75) is 19.1 Å². The van der Waals surface area contributed by atoms with Crippen LogP contribution < -0.4 is 4.74 Å². The molecular formula is C18H16Cl2N2O. The monoisotopic (exact) mass is 346 g/mol. The lowest BCUT2D eigenvalue weighted by Gasteiger charge is -2.21. The van der Waals surface area contributed by atoms with E-state index in [0.29, 0.717) is 15.8 Å². The minimum absolute atomic E-state index is 0.143. The first-order valence-corrected chi connectivity index (χ1v) is 8.11. The molecule has 0 fully saturated rings. The molecule has 1 atom stereocenters. The van der Waals surface area contributed by atoms with E-state index in [4.69, 9.17) is 27.9 Å². The summed E-state index contributed by atoms with van der Waals surface area (Å²) in [7, 11) is 0. The van der Waals surface area contributed by atoms with Gasteiger partial charge in [-0.05, 0) is 17.7 Å². The molecule has 3 nitrogen and oxygen atoms in total. The Labute approximate surface area is 145 Å². The number of aromatic nitrogens is 2. The minimum atomic E-state index is -0.143. The molecule has 1 aromatic heterocycles. The second-order valence-corrected chi connectivity index (χ2v) is 5.97. The highest BCUT2D eigenvalue weighted by Gasteiger charge is 2.17. The van der Waals surface area contributed by atoms with Crippen molar-refractivity contribution >= 4 is 23.2 Å². The number of benzene rings is 2. The summed E-state index contributed by atoms with van der Waals surface area (Å²) < 4.78 is 8.18. The summed E-state index contributed by atoms with van der Waals surface area (Å²) in [6.07, 6.45) is 6.14. The molecule has 0 saturated heterocycles. The maximum Gasteiger partial charge on any atom is 0.157 e. The van der Waals surface area contributed by atoms with Gasteiger partial charge in [0.2, 0.25) is 0 Å². The molecule has 0 aliphatic rings. The molecule has 0 N–H and O–H groups in total. The lowest BCUT2D eigenvalue weighted by Crippen LogP contribution is -2.11. The zero-order valence-corrected chi connectivity index (χ0v) is 13.9. The second kappa shape index (κ2) is 7.53. The van der Waals surface area contributed by atoms with Crippen LogP contribution in [-0.2, 0) is 6.54 Å². The first kappa shape index (κ1) is 15.9. The van der Waals surface area contributed by atoms with Crippen molar-refractivity contribution in [1.29, 1.82) is 0 Å². The summed E-state index contributed by atoms with van der Waals surface area (Å²) in [4.78, 5) is 4.07. The van der Waals surface area contributed by atoms with Crippen molar-refractivity contribution in [2.75, 3.05) is 0 Å². The van der Waals surface area contributed by atoms with Crippen LogP contribution in [0.3, 0.4) is 0 Å². The quantitative estimate of drug-likeness (QED) is 0.597. The molecule has 3 aromatic rings. The van der Waals surface area contributed by atoms with E-state index in [0.717, 1.165) is 18.5 Å². The van der Waals surface area contributed by atoms with E-state index in [1.807, 2.05) is 41.1 Å². The zero-order valence-electron chi connectivity index (χ0n) is 12.4. The predicted molar refractivity (Wildman–Crippen MR) is 93.1 cm³/mol. The molecule has 0 bridgehead atoms. The van der Waals surface area contributed by atoms with Gasteiger partial charge in [-0.2, -0.15) is 0 Å². The molecule has 0 saturated carbocycles. The Kier molecular flexibility index (Phi) is 5.21. The predicted octanol–water partition coefficient (Wildman–Crippen LogP) is 5.40. The fourth-order valence-corrected chi connectivity index (χ4v) is 2.87. The summed E-state index contributed by atoms with van der Waals surface area (Å²) in [6, 6.07) is 15.4. The largest absolute Gasteiger partial charge is 0.483 e. The molecule has 118 valence electrons. The molecule has 5 heteroatoms. The fraction of sp³-hybridized carbons (Fsp3) is 0.167. The summed E-state index contributed by atoms with van der Waals surface area (Å²) >= 11 is 12.5. The summed E-state index contributed by atoms with van der Waals surface area (Å²) in [6.45, 7) is 0.793. The number of ether oxygens (including phenoxy) is 1. The number of halogens is 2. The number of hydrogen-bond donors (Lipinski definition) is 0. The van der Waals surface area contributed by atoms with Gasteiger partial charge in [-0.25, -0.2) is 4.98 Å². The van der Waals surface area contributed by atoms with Crippen LogP contribution in [0.4, 0.5) is 0 Å².